The van der Waals surface area contributed by atoms with Crippen LogP contribution in [0.4, 0.5) is 0 Å². The molecule has 0 amide bonds. The van der Waals surface area contributed by atoms with Crippen LogP contribution in [-0.2, 0) is 10.0 Å². The quantitative estimate of drug-likeness (QED) is 0.672. The van der Waals surface area contributed by atoms with Gasteiger partial charge in [-0.15, -0.1) is 0 Å². The summed E-state index contributed by atoms with van der Waals surface area (Å²) in [5, 5.41) is -0.0950. The second-order valence-electron chi connectivity index (χ2n) is 3.37. The minimum absolute atomic E-state index is 0.0950. The van der Waals surface area contributed by atoms with Crippen molar-refractivity contribution in [3.8, 4) is 0 Å². The maximum Gasteiger partial charge on any atom is 0.216 e. The van der Waals surface area contributed by atoms with Crippen molar-refractivity contribution in [1.82, 2.24) is 4.31 Å². The van der Waals surface area contributed by atoms with Gasteiger partial charge in [-0.3, -0.25) is 0 Å². The highest BCUT2D eigenvalue weighted by molar-refractivity contribution is 7.89. The predicted octanol–water partition coefficient (Wildman–Crippen LogP) is 1.21. The summed E-state index contributed by atoms with van der Waals surface area (Å²) in [6.45, 7) is 2.45. The first-order valence-electron chi connectivity index (χ1n) is 4.54. The van der Waals surface area contributed by atoms with E-state index in [0.717, 1.165) is 25.7 Å². The van der Waals surface area contributed by atoms with Gasteiger partial charge in [0.15, 0.2) is 0 Å². The molecular formula is C8H17NO2S. The normalized spacial score (nSPS) is 20.6. The fraction of sp³-hybridized carbons (Fsp3) is 1.00. The van der Waals surface area contributed by atoms with E-state index < -0.39 is 10.0 Å². The van der Waals surface area contributed by atoms with Crippen molar-refractivity contribution in [3.05, 3.63) is 0 Å². The average Bonchev–Trinajstić information content (AvgIpc) is 2.55. The lowest BCUT2D eigenvalue weighted by Gasteiger charge is -2.19. The smallest absolute Gasteiger partial charge is 0.212 e. The average molecular weight is 191 g/mol. The molecule has 0 unspecified atom stereocenters. The number of sulfonamides is 1. The monoisotopic (exact) mass is 191 g/mol. The summed E-state index contributed by atoms with van der Waals surface area (Å²) in [6, 6.07) is 0. The Morgan fingerprint density at radius 1 is 1.33 bits per heavy atom. The lowest BCUT2D eigenvalue weighted by Crippen LogP contribution is -2.34. The molecular weight excluding hydrogens is 174 g/mol. The van der Waals surface area contributed by atoms with Gasteiger partial charge in [0.1, 0.15) is 0 Å². The van der Waals surface area contributed by atoms with E-state index in [4.69, 9.17) is 0 Å². The van der Waals surface area contributed by atoms with Gasteiger partial charge in [-0.1, -0.05) is 19.8 Å². The summed E-state index contributed by atoms with van der Waals surface area (Å²) in [6.07, 6.45) is 3.85. The zero-order valence-electron chi connectivity index (χ0n) is 7.78. The molecule has 1 saturated carbocycles. The molecule has 4 heteroatoms. The Hall–Kier alpha value is -0.0900. The van der Waals surface area contributed by atoms with Crippen LogP contribution in [0.2, 0.25) is 0 Å². The van der Waals surface area contributed by atoms with Gasteiger partial charge in [0.25, 0.3) is 0 Å². The number of hydrogen-bond acceptors (Lipinski definition) is 2. The van der Waals surface area contributed by atoms with Crippen molar-refractivity contribution in [2.24, 2.45) is 0 Å². The first-order valence-corrected chi connectivity index (χ1v) is 6.04. The minimum Gasteiger partial charge on any atom is -0.212 e. The molecule has 0 radical (unpaired) electrons. The summed E-state index contributed by atoms with van der Waals surface area (Å²) in [5.41, 5.74) is 0. The molecule has 0 aromatic heterocycles. The lowest BCUT2D eigenvalue weighted by molar-refractivity contribution is 0.473. The molecule has 1 fully saturated rings. The molecule has 0 aromatic carbocycles. The summed E-state index contributed by atoms with van der Waals surface area (Å²) >= 11 is 0. The summed E-state index contributed by atoms with van der Waals surface area (Å²) in [7, 11) is -1.30. The molecule has 0 saturated heterocycles. The van der Waals surface area contributed by atoms with E-state index in [1.807, 2.05) is 6.92 Å². The minimum atomic E-state index is -2.96. The van der Waals surface area contributed by atoms with E-state index in [1.54, 1.807) is 7.05 Å². The van der Waals surface area contributed by atoms with Crippen molar-refractivity contribution in [2.45, 2.75) is 37.9 Å². The Morgan fingerprint density at radius 2 is 1.83 bits per heavy atom. The maximum atomic E-state index is 11.7. The van der Waals surface area contributed by atoms with Crippen LogP contribution in [0.15, 0.2) is 0 Å². The molecule has 0 spiro atoms. The first-order chi connectivity index (χ1) is 5.59. The van der Waals surface area contributed by atoms with Gasteiger partial charge >= 0.3 is 0 Å². The van der Waals surface area contributed by atoms with E-state index in [0.29, 0.717) is 6.54 Å². The van der Waals surface area contributed by atoms with Crippen molar-refractivity contribution in [1.29, 1.82) is 0 Å². The van der Waals surface area contributed by atoms with Crippen LogP contribution in [0.3, 0.4) is 0 Å². The SMILES string of the molecule is CCN(C)S(=O)(=O)C1CCCC1. The molecule has 1 aliphatic carbocycles. The molecule has 0 heterocycles. The van der Waals surface area contributed by atoms with Gasteiger partial charge < -0.3 is 0 Å². The maximum absolute atomic E-state index is 11.7. The van der Waals surface area contributed by atoms with Gasteiger partial charge in [0.2, 0.25) is 10.0 Å². The Labute approximate surface area is 74.8 Å². The largest absolute Gasteiger partial charge is 0.216 e. The highest BCUT2D eigenvalue weighted by Crippen LogP contribution is 2.26. The molecule has 0 bridgehead atoms. The third-order valence-electron chi connectivity index (χ3n) is 2.60. The third-order valence-corrected chi connectivity index (χ3v) is 5.04. The van der Waals surface area contributed by atoms with Crippen LogP contribution in [0.1, 0.15) is 32.6 Å². The number of hydrogen-bond donors (Lipinski definition) is 0. The van der Waals surface area contributed by atoms with Crippen LogP contribution < -0.4 is 0 Å². The molecule has 0 N–H and O–H groups in total. The lowest BCUT2D eigenvalue weighted by atomic mass is 10.4. The van der Waals surface area contributed by atoms with E-state index in [2.05, 4.69) is 0 Å². The fourth-order valence-electron chi connectivity index (χ4n) is 1.62. The molecule has 1 rings (SSSR count). The van der Waals surface area contributed by atoms with Crippen LogP contribution in [0.5, 0.6) is 0 Å². The molecule has 0 atom stereocenters. The first kappa shape index (κ1) is 9.99. The van der Waals surface area contributed by atoms with E-state index in [9.17, 15) is 8.42 Å². The second kappa shape index (κ2) is 3.75. The van der Waals surface area contributed by atoms with Crippen LogP contribution in [0.25, 0.3) is 0 Å². The Kier molecular flexibility index (Phi) is 3.12. The standard InChI is InChI=1S/C8H17NO2S/c1-3-9(2)12(10,11)8-6-4-5-7-8/h8H,3-7H2,1-2H3. The molecule has 72 valence electrons. The van der Waals surface area contributed by atoms with Crippen molar-refractivity contribution < 1.29 is 8.42 Å². The van der Waals surface area contributed by atoms with Crippen LogP contribution in [-0.4, -0.2) is 31.6 Å². The van der Waals surface area contributed by atoms with Crippen molar-refractivity contribution in [3.63, 3.8) is 0 Å². The van der Waals surface area contributed by atoms with Gasteiger partial charge in [-0.2, -0.15) is 0 Å². The van der Waals surface area contributed by atoms with E-state index in [1.165, 1.54) is 4.31 Å². The van der Waals surface area contributed by atoms with Crippen LogP contribution in [0, 0.1) is 0 Å². The molecule has 12 heavy (non-hydrogen) atoms. The van der Waals surface area contributed by atoms with Gasteiger partial charge in [-0.25, -0.2) is 12.7 Å². The fourth-order valence-corrected chi connectivity index (χ4v) is 3.42. The van der Waals surface area contributed by atoms with Gasteiger partial charge in [0.05, 0.1) is 5.25 Å². The Balaban J connectivity index is 2.70. The topological polar surface area (TPSA) is 37.4 Å². The van der Waals surface area contributed by atoms with Gasteiger partial charge in [-0.05, 0) is 12.8 Å². The molecule has 0 aliphatic heterocycles. The zero-order valence-corrected chi connectivity index (χ0v) is 8.60. The van der Waals surface area contributed by atoms with Gasteiger partial charge in [0, 0.05) is 13.6 Å². The Morgan fingerprint density at radius 3 is 2.25 bits per heavy atom. The van der Waals surface area contributed by atoms with E-state index >= 15 is 0 Å². The Bertz CT molecular complexity index is 229. The summed E-state index contributed by atoms with van der Waals surface area (Å²) in [5.74, 6) is 0. The highest BCUT2D eigenvalue weighted by Gasteiger charge is 2.31. The predicted molar refractivity (Wildman–Crippen MR) is 49.5 cm³/mol. The number of rotatable bonds is 3. The number of nitrogens with zero attached hydrogens (tertiary/aromatic N) is 1. The molecule has 1 aliphatic rings. The van der Waals surface area contributed by atoms with Crippen molar-refractivity contribution in [2.75, 3.05) is 13.6 Å². The molecule has 3 nitrogen and oxygen atoms in total. The third kappa shape index (κ3) is 1.80. The van der Waals surface area contributed by atoms with Crippen LogP contribution >= 0.6 is 0 Å². The second-order valence-corrected chi connectivity index (χ2v) is 5.69. The van der Waals surface area contributed by atoms with Crippen molar-refractivity contribution >= 4 is 10.0 Å². The van der Waals surface area contributed by atoms with E-state index in [-0.39, 0.29) is 5.25 Å². The zero-order chi connectivity index (χ0) is 9.19. The summed E-state index contributed by atoms with van der Waals surface area (Å²) < 4.78 is 24.8. The molecule has 0 aromatic rings. The summed E-state index contributed by atoms with van der Waals surface area (Å²) in [4.78, 5) is 0. The highest BCUT2D eigenvalue weighted by atomic mass is 32.2.